The van der Waals surface area contributed by atoms with Crippen LogP contribution in [0.4, 0.5) is 4.39 Å². The zero-order valence-electron chi connectivity index (χ0n) is 14.0. The molecule has 1 aromatic carbocycles. The van der Waals surface area contributed by atoms with Gasteiger partial charge in [0.05, 0.1) is 5.41 Å². The molecule has 1 amide bonds. The number of hydrogen-bond donors (Lipinski definition) is 0. The molecular weight excluding hydrogens is 303 g/mol. The van der Waals surface area contributed by atoms with Crippen molar-refractivity contribution in [1.82, 2.24) is 9.88 Å². The number of aromatic nitrogens is 1. The summed E-state index contributed by atoms with van der Waals surface area (Å²) in [6, 6.07) is 12.3. The van der Waals surface area contributed by atoms with Crippen molar-refractivity contribution >= 4 is 5.91 Å². The van der Waals surface area contributed by atoms with Crippen molar-refractivity contribution in [2.45, 2.75) is 37.5 Å². The van der Waals surface area contributed by atoms with Crippen LogP contribution in [-0.4, -0.2) is 29.4 Å². The Morgan fingerprint density at radius 2 is 1.88 bits per heavy atom. The molecule has 1 aliphatic carbocycles. The average Bonchev–Trinajstić information content (AvgIpc) is 3.11. The number of carbonyl (C=O) groups is 1. The van der Waals surface area contributed by atoms with Crippen LogP contribution in [0.2, 0.25) is 0 Å². The van der Waals surface area contributed by atoms with Crippen LogP contribution in [0.15, 0.2) is 48.7 Å². The van der Waals surface area contributed by atoms with Gasteiger partial charge >= 0.3 is 0 Å². The lowest BCUT2D eigenvalue weighted by atomic mass is 9.77. The molecule has 0 spiro atoms. The summed E-state index contributed by atoms with van der Waals surface area (Å²) in [4.78, 5) is 19.3. The predicted octanol–water partition coefficient (Wildman–Crippen LogP) is 3.73. The molecule has 0 unspecified atom stereocenters. The van der Waals surface area contributed by atoms with Crippen molar-refractivity contribution in [3.8, 4) is 0 Å². The minimum absolute atomic E-state index is 0.141. The molecular formula is C20H23FN2O. The lowest BCUT2D eigenvalue weighted by molar-refractivity contribution is -0.136. The van der Waals surface area contributed by atoms with Gasteiger partial charge in [-0.05, 0) is 42.7 Å². The molecule has 0 bridgehead atoms. The summed E-state index contributed by atoms with van der Waals surface area (Å²) in [5.41, 5.74) is 1.43. The van der Waals surface area contributed by atoms with Gasteiger partial charge in [0.25, 0.3) is 0 Å². The summed E-state index contributed by atoms with van der Waals surface area (Å²) in [7, 11) is 1.86. The van der Waals surface area contributed by atoms with Crippen LogP contribution < -0.4 is 0 Å². The van der Waals surface area contributed by atoms with Crippen molar-refractivity contribution in [2.24, 2.45) is 0 Å². The van der Waals surface area contributed by atoms with E-state index >= 15 is 0 Å². The van der Waals surface area contributed by atoms with Gasteiger partial charge in [-0.15, -0.1) is 0 Å². The second kappa shape index (κ2) is 7.12. The van der Waals surface area contributed by atoms with Crippen molar-refractivity contribution < 1.29 is 9.18 Å². The number of likely N-dealkylation sites (N-methyl/N-ethyl adjacent to an activating group) is 1. The molecule has 1 heterocycles. The lowest BCUT2D eigenvalue weighted by Gasteiger charge is -2.33. The summed E-state index contributed by atoms with van der Waals surface area (Å²) >= 11 is 0. The van der Waals surface area contributed by atoms with Crippen LogP contribution in [0.1, 0.15) is 36.9 Å². The predicted molar refractivity (Wildman–Crippen MR) is 92.1 cm³/mol. The zero-order valence-corrected chi connectivity index (χ0v) is 14.0. The Kier molecular flexibility index (Phi) is 4.93. The highest BCUT2D eigenvalue weighted by Crippen LogP contribution is 2.42. The van der Waals surface area contributed by atoms with Crippen LogP contribution in [0.3, 0.4) is 0 Å². The van der Waals surface area contributed by atoms with Gasteiger partial charge in [0.1, 0.15) is 5.82 Å². The van der Waals surface area contributed by atoms with E-state index in [0.717, 1.165) is 43.4 Å². The minimum Gasteiger partial charge on any atom is -0.345 e. The highest BCUT2D eigenvalue weighted by molar-refractivity contribution is 5.88. The van der Waals surface area contributed by atoms with Gasteiger partial charge in [0.15, 0.2) is 0 Å². The smallest absolute Gasteiger partial charge is 0.232 e. The lowest BCUT2D eigenvalue weighted by Crippen LogP contribution is -2.44. The maximum absolute atomic E-state index is 13.3. The third-order valence-electron chi connectivity index (χ3n) is 5.04. The quantitative estimate of drug-likeness (QED) is 0.839. The van der Waals surface area contributed by atoms with E-state index in [9.17, 15) is 9.18 Å². The summed E-state index contributed by atoms with van der Waals surface area (Å²) in [6.45, 7) is 0.638. The molecule has 0 aliphatic heterocycles. The van der Waals surface area contributed by atoms with Crippen molar-refractivity contribution in [1.29, 1.82) is 0 Å². The first kappa shape index (κ1) is 16.6. The van der Waals surface area contributed by atoms with Gasteiger partial charge in [0, 0.05) is 31.9 Å². The normalized spacial score (nSPS) is 16.1. The molecule has 126 valence electrons. The number of halogens is 1. The van der Waals surface area contributed by atoms with Gasteiger partial charge in [0.2, 0.25) is 5.91 Å². The molecule has 4 heteroatoms. The molecule has 0 radical (unpaired) electrons. The van der Waals surface area contributed by atoms with Gasteiger partial charge in [-0.2, -0.15) is 0 Å². The number of amides is 1. The molecule has 0 saturated heterocycles. The molecule has 1 aliphatic rings. The Balaban J connectivity index is 1.75. The number of benzene rings is 1. The first-order valence-electron chi connectivity index (χ1n) is 8.53. The fraction of sp³-hybridized carbons (Fsp3) is 0.400. The monoisotopic (exact) mass is 326 g/mol. The molecule has 24 heavy (non-hydrogen) atoms. The summed E-state index contributed by atoms with van der Waals surface area (Å²) in [5.74, 6) is -0.120. The van der Waals surface area contributed by atoms with Crippen LogP contribution in [0.5, 0.6) is 0 Å². The molecule has 0 atom stereocenters. The van der Waals surface area contributed by atoms with E-state index in [1.165, 1.54) is 12.1 Å². The Morgan fingerprint density at radius 3 is 2.50 bits per heavy atom. The van der Waals surface area contributed by atoms with Crippen molar-refractivity contribution in [2.75, 3.05) is 13.6 Å². The Labute approximate surface area is 142 Å². The first-order chi connectivity index (χ1) is 11.6. The maximum atomic E-state index is 13.3. The Hall–Kier alpha value is -2.23. The van der Waals surface area contributed by atoms with Crippen LogP contribution >= 0.6 is 0 Å². The summed E-state index contributed by atoms with van der Waals surface area (Å²) < 4.78 is 13.3. The summed E-state index contributed by atoms with van der Waals surface area (Å²) in [6.07, 6.45) is 6.27. The van der Waals surface area contributed by atoms with E-state index in [0.29, 0.717) is 6.54 Å². The SMILES string of the molecule is CN(CCc1ccccn1)C(=O)C1(c2ccc(F)cc2)CCCC1. The molecule has 0 N–H and O–H groups in total. The standard InChI is InChI=1S/C20H23FN2O/c1-23(15-11-18-6-2-5-14-22-18)19(24)20(12-3-4-13-20)16-7-9-17(21)10-8-16/h2,5-10,14H,3-4,11-13,15H2,1H3. The molecule has 1 saturated carbocycles. The van der Waals surface area contributed by atoms with Crippen LogP contribution in [0.25, 0.3) is 0 Å². The number of carbonyl (C=O) groups excluding carboxylic acids is 1. The number of rotatable bonds is 5. The fourth-order valence-electron chi connectivity index (χ4n) is 3.67. The van der Waals surface area contributed by atoms with E-state index in [2.05, 4.69) is 4.98 Å². The molecule has 3 rings (SSSR count). The first-order valence-corrected chi connectivity index (χ1v) is 8.53. The third-order valence-corrected chi connectivity index (χ3v) is 5.04. The average molecular weight is 326 g/mol. The van der Waals surface area contributed by atoms with E-state index < -0.39 is 5.41 Å². The zero-order chi connectivity index (χ0) is 17.0. The second-order valence-corrected chi connectivity index (χ2v) is 6.59. The fourth-order valence-corrected chi connectivity index (χ4v) is 3.67. The number of pyridine rings is 1. The van der Waals surface area contributed by atoms with Crippen LogP contribution in [-0.2, 0) is 16.6 Å². The molecule has 2 aromatic rings. The van der Waals surface area contributed by atoms with Crippen molar-refractivity contribution in [3.63, 3.8) is 0 Å². The van der Waals surface area contributed by atoms with Gasteiger partial charge in [-0.3, -0.25) is 9.78 Å². The Bertz CT molecular complexity index is 679. The highest BCUT2D eigenvalue weighted by Gasteiger charge is 2.44. The van der Waals surface area contributed by atoms with E-state index in [-0.39, 0.29) is 11.7 Å². The largest absolute Gasteiger partial charge is 0.345 e. The molecule has 3 nitrogen and oxygen atoms in total. The van der Waals surface area contributed by atoms with Gasteiger partial charge in [-0.25, -0.2) is 4.39 Å². The number of nitrogens with zero attached hydrogens (tertiary/aromatic N) is 2. The third kappa shape index (κ3) is 3.32. The van der Waals surface area contributed by atoms with Crippen LogP contribution in [0, 0.1) is 5.82 Å². The maximum Gasteiger partial charge on any atom is 0.232 e. The van der Waals surface area contributed by atoms with Crippen molar-refractivity contribution in [3.05, 3.63) is 65.7 Å². The van der Waals surface area contributed by atoms with E-state index in [4.69, 9.17) is 0 Å². The van der Waals surface area contributed by atoms with Gasteiger partial charge in [-0.1, -0.05) is 31.0 Å². The summed E-state index contributed by atoms with van der Waals surface area (Å²) in [5, 5.41) is 0. The number of hydrogen-bond acceptors (Lipinski definition) is 2. The second-order valence-electron chi connectivity index (χ2n) is 6.59. The highest BCUT2D eigenvalue weighted by atomic mass is 19.1. The Morgan fingerprint density at radius 1 is 1.17 bits per heavy atom. The topological polar surface area (TPSA) is 33.2 Å². The molecule has 1 fully saturated rings. The minimum atomic E-state index is -0.493. The van der Waals surface area contributed by atoms with E-state index in [1.54, 1.807) is 18.3 Å². The van der Waals surface area contributed by atoms with E-state index in [1.807, 2.05) is 30.1 Å². The van der Waals surface area contributed by atoms with Gasteiger partial charge < -0.3 is 4.90 Å². The molecule has 1 aromatic heterocycles.